The number of benzene rings is 3. The minimum absolute atomic E-state index is 0.687. The van der Waals surface area contributed by atoms with Crippen molar-refractivity contribution in [3.63, 3.8) is 0 Å². The van der Waals surface area contributed by atoms with Crippen LogP contribution in [0.15, 0.2) is 60.8 Å². The molecule has 0 bridgehead atoms. The van der Waals surface area contributed by atoms with Crippen molar-refractivity contribution in [2.24, 2.45) is 0 Å². The van der Waals surface area contributed by atoms with Gasteiger partial charge < -0.3 is 33.2 Å². The highest BCUT2D eigenvalue weighted by Crippen LogP contribution is 2.38. The molecular formula is C31H37N3O5. The Morgan fingerprint density at radius 3 is 1.97 bits per heavy atom. The number of anilines is 1. The first kappa shape index (κ1) is 26.6. The van der Waals surface area contributed by atoms with Gasteiger partial charge in [0.05, 0.1) is 46.8 Å². The lowest BCUT2D eigenvalue weighted by Crippen LogP contribution is -2.47. The van der Waals surface area contributed by atoms with Gasteiger partial charge in [0.1, 0.15) is 5.75 Å². The molecule has 8 nitrogen and oxygen atoms in total. The van der Waals surface area contributed by atoms with Gasteiger partial charge in [-0.3, -0.25) is 4.90 Å². The van der Waals surface area contributed by atoms with Crippen molar-refractivity contribution in [1.29, 1.82) is 0 Å². The minimum atomic E-state index is 0.687. The smallest absolute Gasteiger partial charge is 0.162 e. The van der Waals surface area contributed by atoms with Crippen molar-refractivity contribution in [3.8, 4) is 34.4 Å². The van der Waals surface area contributed by atoms with Crippen LogP contribution in [-0.4, -0.2) is 77.7 Å². The molecule has 4 aromatic rings. The molecule has 0 atom stereocenters. The number of para-hydroxylation sites is 2. The van der Waals surface area contributed by atoms with Crippen LogP contribution in [0.1, 0.15) is 5.56 Å². The van der Waals surface area contributed by atoms with Gasteiger partial charge in [0.25, 0.3) is 0 Å². The average molecular weight is 532 g/mol. The second-order valence-electron chi connectivity index (χ2n) is 9.54. The van der Waals surface area contributed by atoms with Crippen LogP contribution in [0.4, 0.5) is 5.69 Å². The Morgan fingerprint density at radius 2 is 1.28 bits per heavy atom. The summed E-state index contributed by atoms with van der Waals surface area (Å²) in [5.74, 6) is 3.74. The molecular weight excluding hydrogens is 494 g/mol. The number of ether oxygens (including phenoxy) is 5. The number of methoxy groups -OCH3 is 5. The first-order valence-corrected chi connectivity index (χ1v) is 13.2. The van der Waals surface area contributed by atoms with E-state index in [-0.39, 0.29) is 0 Å². The highest BCUT2D eigenvalue weighted by atomic mass is 16.5. The van der Waals surface area contributed by atoms with E-state index in [1.165, 1.54) is 11.3 Å². The van der Waals surface area contributed by atoms with Crippen molar-refractivity contribution >= 4 is 16.6 Å². The largest absolute Gasteiger partial charge is 0.495 e. The predicted octanol–water partition coefficient (Wildman–Crippen LogP) is 5.04. The minimum Gasteiger partial charge on any atom is -0.495 e. The van der Waals surface area contributed by atoms with Crippen LogP contribution in [0.3, 0.4) is 0 Å². The Hall–Kier alpha value is -4.04. The summed E-state index contributed by atoms with van der Waals surface area (Å²) in [7, 11) is 8.38. The summed E-state index contributed by atoms with van der Waals surface area (Å²) in [4.78, 5) is 4.95. The topological polar surface area (TPSA) is 57.6 Å². The summed E-state index contributed by atoms with van der Waals surface area (Å²) >= 11 is 0. The summed E-state index contributed by atoms with van der Waals surface area (Å²) in [6.07, 6.45) is 3.14. The summed E-state index contributed by atoms with van der Waals surface area (Å²) < 4.78 is 30.1. The molecule has 1 aliphatic rings. The van der Waals surface area contributed by atoms with Crippen LogP contribution in [0.25, 0.3) is 16.6 Å². The third-order valence-corrected chi connectivity index (χ3v) is 7.53. The lowest BCUT2D eigenvalue weighted by molar-refractivity contribution is 0.260. The zero-order chi connectivity index (χ0) is 27.4. The maximum atomic E-state index is 5.65. The van der Waals surface area contributed by atoms with Gasteiger partial charge in [0, 0.05) is 62.1 Å². The molecule has 0 N–H and O–H groups in total. The Balaban J connectivity index is 1.39. The molecule has 0 aliphatic carbocycles. The van der Waals surface area contributed by atoms with Gasteiger partial charge in [0.2, 0.25) is 0 Å². The number of rotatable bonds is 10. The highest BCUT2D eigenvalue weighted by Gasteiger charge is 2.21. The second-order valence-corrected chi connectivity index (χ2v) is 9.54. The van der Waals surface area contributed by atoms with E-state index in [1.54, 1.807) is 35.5 Å². The number of fused-ring (bicyclic) bond motifs is 1. The summed E-state index contributed by atoms with van der Waals surface area (Å²) in [6, 6.07) is 18.3. The Bertz CT molecular complexity index is 1430. The van der Waals surface area contributed by atoms with Crippen molar-refractivity contribution in [2.75, 3.05) is 73.2 Å². The third kappa shape index (κ3) is 5.29. The molecule has 206 valence electrons. The number of nitrogens with zero attached hydrogens (tertiary/aromatic N) is 3. The molecule has 1 fully saturated rings. The van der Waals surface area contributed by atoms with Gasteiger partial charge >= 0.3 is 0 Å². The maximum absolute atomic E-state index is 5.65. The van der Waals surface area contributed by atoms with Crippen molar-refractivity contribution in [3.05, 3.63) is 66.4 Å². The molecule has 1 aliphatic heterocycles. The predicted molar refractivity (Wildman–Crippen MR) is 155 cm³/mol. The lowest BCUT2D eigenvalue weighted by Gasteiger charge is -2.36. The van der Waals surface area contributed by atoms with Crippen LogP contribution < -0.4 is 28.6 Å². The second kappa shape index (κ2) is 11.8. The van der Waals surface area contributed by atoms with Gasteiger partial charge in [-0.05, 0) is 42.3 Å². The fourth-order valence-electron chi connectivity index (χ4n) is 5.39. The molecule has 0 saturated carbocycles. The Morgan fingerprint density at radius 1 is 0.641 bits per heavy atom. The van der Waals surface area contributed by atoms with E-state index in [0.717, 1.165) is 67.2 Å². The lowest BCUT2D eigenvalue weighted by atomic mass is 10.1. The van der Waals surface area contributed by atoms with Gasteiger partial charge in [-0.25, -0.2) is 0 Å². The van der Waals surface area contributed by atoms with Gasteiger partial charge in [-0.1, -0.05) is 12.1 Å². The Labute approximate surface area is 230 Å². The molecule has 0 unspecified atom stereocenters. The van der Waals surface area contributed by atoms with E-state index >= 15 is 0 Å². The summed E-state index contributed by atoms with van der Waals surface area (Å²) in [5, 5.41) is 1.15. The van der Waals surface area contributed by atoms with Gasteiger partial charge in [0.15, 0.2) is 23.0 Å². The molecule has 1 saturated heterocycles. The fourth-order valence-corrected chi connectivity index (χ4v) is 5.39. The van der Waals surface area contributed by atoms with Gasteiger partial charge in [-0.2, -0.15) is 0 Å². The molecule has 0 radical (unpaired) electrons. The van der Waals surface area contributed by atoms with Crippen LogP contribution in [0.2, 0.25) is 0 Å². The van der Waals surface area contributed by atoms with Crippen LogP contribution in [0.5, 0.6) is 28.7 Å². The zero-order valence-corrected chi connectivity index (χ0v) is 23.4. The summed E-state index contributed by atoms with van der Waals surface area (Å²) in [6.45, 7) is 4.92. The molecule has 39 heavy (non-hydrogen) atoms. The maximum Gasteiger partial charge on any atom is 0.162 e. The zero-order valence-electron chi connectivity index (χ0n) is 23.4. The van der Waals surface area contributed by atoms with E-state index in [2.05, 4.69) is 38.8 Å². The SMILES string of the molecule is COc1ccc(-n2cc(CCN3CCN(c4ccccc4OC)CC3)c3cc(OC)c(OC)cc32)cc1OC. The Kier molecular flexibility index (Phi) is 8.02. The van der Waals surface area contributed by atoms with E-state index in [0.29, 0.717) is 17.2 Å². The monoisotopic (exact) mass is 531 g/mol. The molecule has 0 spiro atoms. The molecule has 0 amide bonds. The van der Waals surface area contributed by atoms with Crippen LogP contribution >= 0.6 is 0 Å². The van der Waals surface area contributed by atoms with Crippen molar-refractivity contribution in [1.82, 2.24) is 9.47 Å². The highest BCUT2D eigenvalue weighted by molar-refractivity contribution is 5.89. The first-order valence-electron chi connectivity index (χ1n) is 13.2. The molecule has 3 aromatic carbocycles. The molecule has 8 heteroatoms. The number of hydrogen-bond acceptors (Lipinski definition) is 7. The first-order chi connectivity index (χ1) is 19.1. The fraction of sp³-hybridized carbons (Fsp3) is 0.355. The van der Waals surface area contributed by atoms with Crippen molar-refractivity contribution in [2.45, 2.75) is 6.42 Å². The van der Waals surface area contributed by atoms with E-state index in [4.69, 9.17) is 23.7 Å². The molecule has 2 heterocycles. The third-order valence-electron chi connectivity index (χ3n) is 7.53. The average Bonchev–Trinajstić information content (AvgIpc) is 3.36. The van der Waals surface area contributed by atoms with Gasteiger partial charge in [-0.15, -0.1) is 0 Å². The van der Waals surface area contributed by atoms with E-state index in [1.807, 2.05) is 36.4 Å². The molecule has 5 rings (SSSR count). The molecule has 1 aromatic heterocycles. The standard InChI is InChI=1S/C31H37N3O5/c1-35-27-9-7-6-8-25(27)33-16-14-32(15-17-33)13-12-22-21-34(23-10-11-28(36-2)29(18-23)37-3)26-20-31(39-5)30(38-4)19-24(22)26/h6-11,18-21H,12-17H2,1-5H3. The number of piperazine rings is 1. The number of hydrogen-bond donors (Lipinski definition) is 0. The van der Waals surface area contributed by atoms with Crippen LogP contribution in [0, 0.1) is 0 Å². The number of aromatic nitrogens is 1. The quantitative estimate of drug-likeness (QED) is 0.284. The summed E-state index contributed by atoms with van der Waals surface area (Å²) in [5.41, 5.74) is 4.46. The van der Waals surface area contributed by atoms with E-state index < -0.39 is 0 Å². The van der Waals surface area contributed by atoms with Crippen molar-refractivity contribution < 1.29 is 23.7 Å². The van der Waals surface area contributed by atoms with Crippen LogP contribution in [-0.2, 0) is 6.42 Å². The van der Waals surface area contributed by atoms with E-state index in [9.17, 15) is 0 Å². The normalized spacial score (nSPS) is 13.9.